The monoisotopic (exact) mass is 236 g/mol. The van der Waals surface area contributed by atoms with Gasteiger partial charge < -0.3 is 19.0 Å². The first-order valence-electron chi connectivity index (χ1n) is 5.43. The van der Waals surface area contributed by atoms with Gasteiger partial charge in [0.1, 0.15) is 5.76 Å². The second-order valence-electron chi connectivity index (χ2n) is 3.94. The van der Waals surface area contributed by atoms with Gasteiger partial charge in [-0.2, -0.15) is 0 Å². The average molecular weight is 236 g/mol. The van der Waals surface area contributed by atoms with Crippen LogP contribution in [0.5, 0.6) is 0 Å². The van der Waals surface area contributed by atoms with E-state index in [1.165, 1.54) is 0 Å². The van der Waals surface area contributed by atoms with Crippen LogP contribution in [-0.2, 0) is 4.74 Å². The Labute approximate surface area is 97.1 Å². The van der Waals surface area contributed by atoms with Gasteiger partial charge in [0.05, 0.1) is 12.6 Å². The second-order valence-corrected chi connectivity index (χ2v) is 3.94. The highest BCUT2D eigenvalue weighted by Crippen LogP contribution is 2.20. The van der Waals surface area contributed by atoms with Crippen molar-refractivity contribution in [3.8, 4) is 11.6 Å². The molecule has 1 fully saturated rings. The van der Waals surface area contributed by atoms with Crippen molar-refractivity contribution in [3.63, 3.8) is 0 Å². The normalized spacial score (nSPS) is 19.7. The standard InChI is InChI=1S/C10H12N4O3/c1-6-4-8(14-17-6)9-12-13-10(16-9)11-7-2-3-15-5-7/h4,7H,2-3,5H2,1H3,(H,11,13). The van der Waals surface area contributed by atoms with Crippen molar-refractivity contribution >= 4 is 6.01 Å². The lowest BCUT2D eigenvalue weighted by Gasteiger charge is -2.05. The van der Waals surface area contributed by atoms with E-state index in [0.29, 0.717) is 30.0 Å². The molecule has 0 radical (unpaired) electrons. The van der Waals surface area contributed by atoms with E-state index in [1.807, 2.05) is 6.92 Å². The molecule has 1 N–H and O–H groups in total. The van der Waals surface area contributed by atoms with Gasteiger partial charge in [0.2, 0.25) is 0 Å². The summed E-state index contributed by atoms with van der Waals surface area (Å²) in [5.74, 6) is 1.06. The van der Waals surface area contributed by atoms with E-state index < -0.39 is 0 Å². The minimum absolute atomic E-state index is 0.238. The maximum absolute atomic E-state index is 5.43. The predicted molar refractivity (Wildman–Crippen MR) is 57.4 cm³/mol. The zero-order valence-corrected chi connectivity index (χ0v) is 9.34. The highest BCUT2D eigenvalue weighted by molar-refractivity contribution is 5.46. The molecule has 0 saturated carbocycles. The van der Waals surface area contributed by atoms with E-state index >= 15 is 0 Å². The average Bonchev–Trinajstić information content (AvgIpc) is 2.99. The summed E-state index contributed by atoms with van der Waals surface area (Å²) in [6.07, 6.45) is 0.945. The van der Waals surface area contributed by atoms with Gasteiger partial charge in [-0.1, -0.05) is 10.3 Å². The summed E-state index contributed by atoms with van der Waals surface area (Å²) < 4.78 is 15.6. The summed E-state index contributed by atoms with van der Waals surface area (Å²) in [7, 11) is 0. The Morgan fingerprint density at radius 1 is 1.41 bits per heavy atom. The molecular weight excluding hydrogens is 224 g/mol. The van der Waals surface area contributed by atoms with Crippen molar-refractivity contribution in [3.05, 3.63) is 11.8 Å². The fourth-order valence-corrected chi connectivity index (χ4v) is 1.68. The third kappa shape index (κ3) is 2.14. The molecule has 2 aromatic rings. The largest absolute Gasteiger partial charge is 0.402 e. The van der Waals surface area contributed by atoms with Gasteiger partial charge in [-0.15, -0.1) is 5.10 Å². The smallest absolute Gasteiger partial charge is 0.316 e. The Morgan fingerprint density at radius 3 is 3.06 bits per heavy atom. The van der Waals surface area contributed by atoms with Crippen molar-refractivity contribution in [2.45, 2.75) is 19.4 Å². The van der Waals surface area contributed by atoms with Crippen LogP contribution in [0.15, 0.2) is 15.0 Å². The van der Waals surface area contributed by atoms with Crippen LogP contribution in [0.25, 0.3) is 11.6 Å². The fourth-order valence-electron chi connectivity index (χ4n) is 1.68. The molecule has 0 spiro atoms. The molecule has 0 aliphatic carbocycles. The van der Waals surface area contributed by atoms with Crippen LogP contribution in [0.1, 0.15) is 12.2 Å². The molecule has 1 atom stereocenters. The fraction of sp³-hybridized carbons (Fsp3) is 0.500. The number of hydrogen-bond donors (Lipinski definition) is 1. The number of ether oxygens (including phenoxy) is 1. The van der Waals surface area contributed by atoms with Crippen LogP contribution in [0.3, 0.4) is 0 Å². The van der Waals surface area contributed by atoms with E-state index in [0.717, 1.165) is 13.0 Å². The molecule has 7 heteroatoms. The van der Waals surface area contributed by atoms with Crippen LogP contribution in [-0.4, -0.2) is 34.6 Å². The molecule has 0 bridgehead atoms. The van der Waals surface area contributed by atoms with Crippen LogP contribution in [0.2, 0.25) is 0 Å². The Morgan fingerprint density at radius 2 is 2.35 bits per heavy atom. The third-order valence-electron chi connectivity index (χ3n) is 2.53. The molecule has 0 aromatic carbocycles. The van der Waals surface area contributed by atoms with Crippen LogP contribution in [0.4, 0.5) is 6.01 Å². The second kappa shape index (κ2) is 4.17. The molecule has 2 aromatic heterocycles. The molecule has 0 amide bonds. The minimum atomic E-state index is 0.238. The number of anilines is 1. The highest BCUT2D eigenvalue weighted by Gasteiger charge is 2.19. The van der Waals surface area contributed by atoms with Gasteiger partial charge >= 0.3 is 6.01 Å². The maximum atomic E-state index is 5.43. The molecule has 17 heavy (non-hydrogen) atoms. The van der Waals surface area contributed by atoms with Crippen molar-refractivity contribution in [2.24, 2.45) is 0 Å². The zero-order chi connectivity index (χ0) is 11.7. The quantitative estimate of drug-likeness (QED) is 0.857. The number of nitrogens with one attached hydrogen (secondary N) is 1. The van der Waals surface area contributed by atoms with Crippen LogP contribution in [0, 0.1) is 6.92 Å². The third-order valence-corrected chi connectivity index (χ3v) is 2.53. The number of aromatic nitrogens is 3. The van der Waals surface area contributed by atoms with Crippen LogP contribution < -0.4 is 5.32 Å². The van der Waals surface area contributed by atoms with E-state index in [-0.39, 0.29) is 6.04 Å². The zero-order valence-electron chi connectivity index (χ0n) is 9.34. The summed E-state index contributed by atoms with van der Waals surface area (Å²) in [6.45, 7) is 3.24. The first-order chi connectivity index (χ1) is 8.31. The predicted octanol–water partition coefficient (Wildman–Crippen LogP) is 1.23. The number of aryl methyl sites for hydroxylation is 1. The lowest BCUT2D eigenvalue weighted by Crippen LogP contribution is -2.18. The van der Waals surface area contributed by atoms with E-state index in [2.05, 4.69) is 20.7 Å². The minimum Gasteiger partial charge on any atom is -0.402 e. The van der Waals surface area contributed by atoms with Gasteiger partial charge in [-0.3, -0.25) is 0 Å². The van der Waals surface area contributed by atoms with Crippen LogP contribution >= 0.6 is 0 Å². The Hall–Kier alpha value is -1.89. The summed E-state index contributed by atoms with van der Waals surface area (Å²) in [5, 5.41) is 14.7. The summed E-state index contributed by atoms with van der Waals surface area (Å²) in [5.41, 5.74) is 0.547. The summed E-state index contributed by atoms with van der Waals surface area (Å²) in [4.78, 5) is 0. The van der Waals surface area contributed by atoms with E-state index in [1.54, 1.807) is 6.07 Å². The van der Waals surface area contributed by atoms with Crippen molar-refractivity contribution in [1.29, 1.82) is 0 Å². The number of nitrogens with zero attached hydrogens (tertiary/aromatic N) is 3. The lowest BCUT2D eigenvalue weighted by molar-refractivity contribution is 0.195. The van der Waals surface area contributed by atoms with Crippen molar-refractivity contribution in [2.75, 3.05) is 18.5 Å². The molecule has 3 heterocycles. The summed E-state index contributed by atoms with van der Waals surface area (Å²) >= 11 is 0. The van der Waals surface area contributed by atoms with Gasteiger partial charge in [0.25, 0.3) is 5.89 Å². The van der Waals surface area contributed by atoms with Crippen molar-refractivity contribution in [1.82, 2.24) is 15.4 Å². The van der Waals surface area contributed by atoms with Gasteiger partial charge in [0.15, 0.2) is 5.69 Å². The van der Waals surface area contributed by atoms with Crippen molar-refractivity contribution < 1.29 is 13.7 Å². The summed E-state index contributed by atoms with van der Waals surface area (Å²) in [6, 6.07) is 2.37. The van der Waals surface area contributed by atoms with E-state index in [9.17, 15) is 0 Å². The number of hydrogen-bond acceptors (Lipinski definition) is 7. The highest BCUT2D eigenvalue weighted by atomic mass is 16.5. The molecule has 90 valence electrons. The Balaban J connectivity index is 1.73. The SMILES string of the molecule is Cc1cc(-c2nnc(NC3CCOC3)o2)no1. The molecule has 1 unspecified atom stereocenters. The molecule has 1 aliphatic rings. The van der Waals surface area contributed by atoms with Gasteiger partial charge in [-0.05, 0) is 13.3 Å². The molecule has 1 saturated heterocycles. The molecular formula is C10H12N4O3. The Kier molecular flexibility index (Phi) is 2.52. The van der Waals surface area contributed by atoms with E-state index in [4.69, 9.17) is 13.7 Å². The lowest BCUT2D eigenvalue weighted by atomic mass is 10.3. The number of rotatable bonds is 3. The molecule has 1 aliphatic heterocycles. The molecule has 3 rings (SSSR count). The molecule has 7 nitrogen and oxygen atoms in total. The topological polar surface area (TPSA) is 86.2 Å². The van der Waals surface area contributed by atoms with Gasteiger partial charge in [0, 0.05) is 12.7 Å². The first kappa shape index (κ1) is 10.3. The Bertz CT molecular complexity index is 501. The van der Waals surface area contributed by atoms with Gasteiger partial charge in [-0.25, -0.2) is 0 Å². The first-order valence-corrected chi connectivity index (χ1v) is 5.43. The maximum Gasteiger partial charge on any atom is 0.316 e.